The van der Waals surface area contributed by atoms with Crippen molar-refractivity contribution in [1.82, 2.24) is 10.3 Å². The molecule has 4 rings (SSSR count). The number of nitrogens with zero attached hydrogens (tertiary/aromatic N) is 1. The minimum Gasteiger partial charge on any atom is -0.355 e. The van der Waals surface area contributed by atoms with Crippen molar-refractivity contribution >= 4 is 29.0 Å². The predicted octanol–water partition coefficient (Wildman–Crippen LogP) is 4.20. The molecule has 0 radical (unpaired) electrons. The molecule has 0 atom stereocenters. The summed E-state index contributed by atoms with van der Waals surface area (Å²) >= 11 is 0. The first-order valence-electron chi connectivity index (χ1n) is 9.59. The summed E-state index contributed by atoms with van der Waals surface area (Å²) in [5, 5.41) is 8.88. The molecule has 2 amide bonds. The molecule has 3 aromatic rings. The number of rotatable bonds is 6. The summed E-state index contributed by atoms with van der Waals surface area (Å²) < 4.78 is 0. The van der Waals surface area contributed by atoms with Gasteiger partial charge in [0.25, 0.3) is 5.91 Å². The van der Waals surface area contributed by atoms with Crippen LogP contribution in [0.5, 0.6) is 0 Å². The fourth-order valence-electron chi connectivity index (χ4n) is 3.08. The summed E-state index contributed by atoms with van der Waals surface area (Å²) in [5.74, 6) is 0.473. The van der Waals surface area contributed by atoms with E-state index in [0.29, 0.717) is 11.4 Å². The topological polar surface area (TPSA) is 83.1 Å². The van der Waals surface area contributed by atoms with Crippen molar-refractivity contribution in [2.75, 3.05) is 17.7 Å². The van der Waals surface area contributed by atoms with Crippen molar-refractivity contribution in [3.63, 3.8) is 0 Å². The number of hydrogen-bond acceptors (Lipinski definition) is 4. The number of nitrogens with one attached hydrogen (secondary N) is 3. The van der Waals surface area contributed by atoms with Crippen molar-refractivity contribution in [2.45, 2.75) is 12.8 Å². The SMILES string of the molecule is CNC(=O)c1cc(Nc2ccccc2)cc(-c2ccnc(NC(=O)C3CC3)c2)c1. The van der Waals surface area contributed by atoms with Crippen LogP contribution < -0.4 is 16.0 Å². The highest BCUT2D eigenvalue weighted by atomic mass is 16.2. The molecule has 3 N–H and O–H groups in total. The summed E-state index contributed by atoms with van der Waals surface area (Å²) in [7, 11) is 1.61. The van der Waals surface area contributed by atoms with Gasteiger partial charge in [-0.3, -0.25) is 9.59 Å². The average Bonchev–Trinajstić information content (AvgIpc) is 3.59. The van der Waals surface area contributed by atoms with E-state index in [1.165, 1.54) is 0 Å². The van der Waals surface area contributed by atoms with Gasteiger partial charge in [-0.25, -0.2) is 4.98 Å². The second-order valence-corrected chi connectivity index (χ2v) is 7.06. The van der Waals surface area contributed by atoms with Crippen LogP contribution in [0.4, 0.5) is 17.2 Å². The van der Waals surface area contributed by atoms with E-state index in [9.17, 15) is 9.59 Å². The summed E-state index contributed by atoms with van der Waals surface area (Å²) in [5.41, 5.74) is 4.00. The number of para-hydroxylation sites is 1. The van der Waals surface area contributed by atoms with Crippen LogP contribution in [0.2, 0.25) is 0 Å². The van der Waals surface area contributed by atoms with E-state index in [-0.39, 0.29) is 17.7 Å². The lowest BCUT2D eigenvalue weighted by atomic mass is 10.0. The van der Waals surface area contributed by atoms with Crippen molar-refractivity contribution in [3.05, 3.63) is 72.4 Å². The van der Waals surface area contributed by atoms with Gasteiger partial charge in [-0.2, -0.15) is 0 Å². The van der Waals surface area contributed by atoms with Gasteiger partial charge in [-0.1, -0.05) is 18.2 Å². The predicted molar refractivity (Wildman–Crippen MR) is 114 cm³/mol. The third-order valence-electron chi connectivity index (χ3n) is 4.78. The third kappa shape index (κ3) is 4.60. The van der Waals surface area contributed by atoms with E-state index in [4.69, 9.17) is 0 Å². The van der Waals surface area contributed by atoms with Gasteiger partial charge < -0.3 is 16.0 Å². The number of carbonyl (C=O) groups excluding carboxylic acids is 2. The fourth-order valence-corrected chi connectivity index (χ4v) is 3.08. The Labute approximate surface area is 169 Å². The molecule has 1 heterocycles. The summed E-state index contributed by atoms with van der Waals surface area (Å²) in [6.07, 6.45) is 3.54. The molecule has 0 aliphatic heterocycles. The molecule has 0 saturated heterocycles. The largest absolute Gasteiger partial charge is 0.355 e. The molecular weight excluding hydrogens is 364 g/mol. The maximum absolute atomic E-state index is 12.3. The molecule has 1 aliphatic carbocycles. The van der Waals surface area contributed by atoms with Gasteiger partial charge >= 0.3 is 0 Å². The average molecular weight is 386 g/mol. The fraction of sp³-hybridized carbons (Fsp3) is 0.174. The van der Waals surface area contributed by atoms with Crippen LogP contribution in [0.1, 0.15) is 23.2 Å². The minimum atomic E-state index is -0.167. The highest BCUT2D eigenvalue weighted by Crippen LogP contribution is 2.31. The molecule has 1 aliphatic rings. The maximum atomic E-state index is 12.3. The zero-order chi connectivity index (χ0) is 20.2. The zero-order valence-corrected chi connectivity index (χ0v) is 16.1. The first-order chi connectivity index (χ1) is 14.1. The molecule has 1 saturated carbocycles. The smallest absolute Gasteiger partial charge is 0.251 e. The van der Waals surface area contributed by atoms with Gasteiger partial charge in [-0.15, -0.1) is 0 Å². The molecule has 29 heavy (non-hydrogen) atoms. The number of anilines is 3. The number of amides is 2. The van der Waals surface area contributed by atoms with Crippen molar-refractivity contribution < 1.29 is 9.59 Å². The van der Waals surface area contributed by atoms with Crippen LogP contribution in [0.3, 0.4) is 0 Å². The number of aromatic nitrogens is 1. The Bertz CT molecular complexity index is 1050. The molecule has 146 valence electrons. The Morgan fingerprint density at radius 1 is 0.931 bits per heavy atom. The van der Waals surface area contributed by atoms with Gasteiger partial charge in [0, 0.05) is 36.1 Å². The Hall–Kier alpha value is -3.67. The zero-order valence-electron chi connectivity index (χ0n) is 16.1. The lowest BCUT2D eigenvalue weighted by molar-refractivity contribution is -0.117. The van der Waals surface area contributed by atoms with Crippen LogP contribution >= 0.6 is 0 Å². The first kappa shape index (κ1) is 18.7. The highest BCUT2D eigenvalue weighted by molar-refractivity contribution is 5.97. The van der Waals surface area contributed by atoms with E-state index in [2.05, 4.69) is 20.9 Å². The van der Waals surface area contributed by atoms with E-state index in [0.717, 1.165) is 35.3 Å². The highest BCUT2D eigenvalue weighted by Gasteiger charge is 2.29. The molecule has 1 fully saturated rings. The van der Waals surface area contributed by atoms with E-state index in [1.807, 2.05) is 60.7 Å². The summed E-state index contributed by atoms with van der Waals surface area (Å²) in [4.78, 5) is 28.6. The second-order valence-electron chi connectivity index (χ2n) is 7.06. The van der Waals surface area contributed by atoms with Crippen LogP contribution in [0.15, 0.2) is 66.9 Å². The summed E-state index contributed by atoms with van der Waals surface area (Å²) in [6.45, 7) is 0. The lowest BCUT2D eigenvalue weighted by Crippen LogP contribution is -2.18. The quantitative estimate of drug-likeness (QED) is 0.593. The van der Waals surface area contributed by atoms with Gasteiger partial charge in [0.2, 0.25) is 5.91 Å². The molecule has 0 spiro atoms. The Kier molecular flexibility index (Phi) is 5.24. The number of benzene rings is 2. The Morgan fingerprint density at radius 2 is 1.72 bits per heavy atom. The van der Waals surface area contributed by atoms with Crippen LogP contribution in [-0.4, -0.2) is 23.8 Å². The van der Waals surface area contributed by atoms with Gasteiger partial charge in [-0.05, 0) is 66.4 Å². The molecular formula is C23H22N4O2. The van der Waals surface area contributed by atoms with E-state index in [1.54, 1.807) is 13.2 Å². The second kappa shape index (κ2) is 8.14. The van der Waals surface area contributed by atoms with E-state index < -0.39 is 0 Å². The van der Waals surface area contributed by atoms with Gasteiger partial charge in [0.15, 0.2) is 0 Å². The minimum absolute atomic E-state index is 0.0141. The van der Waals surface area contributed by atoms with Gasteiger partial charge in [0.05, 0.1) is 0 Å². The molecule has 2 aromatic carbocycles. The third-order valence-corrected chi connectivity index (χ3v) is 4.78. The summed E-state index contributed by atoms with van der Waals surface area (Å²) in [6, 6.07) is 19.1. The normalized spacial score (nSPS) is 12.9. The van der Waals surface area contributed by atoms with Gasteiger partial charge in [0.1, 0.15) is 5.82 Å². The monoisotopic (exact) mass is 386 g/mol. The number of pyridine rings is 1. The van der Waals surface area contributed by atoms with Crippen LogP contribution in [0.25, 0.3) is 11.1 Å². The van der Waals surface area contributed by atoms with Crippen molar-refractivity contribution in [1.29, 1.82) is 0 Å². The number of carbonyl (C=O) groups is 2. The lowest BCUT2D eigenvalue weighted by Gasteiger charge is -2.12. The standard InChI is InChI=1S/C23H22N4O2/c1-24-22(28)18-11-17(12-20(13-18)26-19-5-3-2-4-6-19)16-9-10-25-21(14-16)27-23(29)15-7-8-15/h2-6,9-15,26H,7-8H2,1H3,(H,24,28)(H,25,27,29). The van der Waals surface area contributed by atoms with Crippen molar-refractivity contribution in [3.8, 4) is 11.1 Å². The molecule has 0 unspecified atom stereocenters. The Morgan fingerprint density at radius 3 is 2.45 bits per heavy atom. The maximum Gasteiger partial charge on any atom is 0.251 e. The molecule has 0 bridgehead atoms. The van der Waals surface area contributed by atoms with Crippen LogP contribution in [0, 0.1) is 5.92 Å². The number of hydrogen-bond donors (Lipinski definition) is 3. The Balaban J connectivity index is 1.67. The first-order valence-corrected chi connectivity index (χ1v) is 9.59. The molecule has 6 heteroatoms. The molecule has 6 nitrogen and oxygen atoms in total. The molecule has 1 aromatic heterocycles. The van der Waals surface area contributed by atoms with E-state index >= 15 is 0 Å². The van der Waals surface area contributed by atoms with Crippen molar-refractivity contribution in [2.24, 2.45) is 5.92 Å². The van der Waals surface area contributed by atoms with Crippen LogP contribution in [-0.2, 0) is 4.79 Å².